The van der Waals surface area contributed by atoms with Gasteiger partial charge in [0, 0.05) is 22.8 Å². The van der Waals surface area contributed by atoms with Crippen molar-refractivity contribution in [2.24, 2.45) is 0 Å². The average molecular weight is 238 g/mol. The van der Waals surface area contributed by atoms with Crippen LogP contribution in [-0.2, 0) is 0 Å². The summed E-state index contributed by atoms with van der Waals surface area (Å²) in [6, 6.07) is 16.0. The Bertz CT molecular complexity index is 731. The van der Waals surface area contributed by atoms with E-state index in [9.17, 15) is 0 Å². The number of fused-ring (bicyclic) bond motifs is 1. The zero-order valence-electron chi connectivity index (χ0n) is 9.05. The number of H-pyrrole nitrogens is 1. The molecule has 3 aromatic rings. The molecule has 0 bridgehead atoms. The van der Waals surface area contributed by atoms with Crippen LogP contribution in [0.1, 0.15) is 0 Å². The number of pyridine rings is 2. The molecule has 2 aromatic heterocycles. The smallest absolute Gasteiger partial charge is 0.103 e. The van der Waals surface area contributed by atoms with Gasteiger partial charge in [0.1, 0.15) is 4.64 Å². The molecule has 3 heteroatoms. The van der Waals surface area contributed by atoms with E-state index in [1.54, 1.807) is 6.20 Å². The van der Waals surface area contributed by atoms with Crippen molar-refractivity contribution in [3.05, 3.63) is 59.4 Å². The molecule has 3 rings (SSSR count). The number of aromatic nitrogens is 2. The van der Waals surface area contributed by atoms with Gasteiger partial charge >= 0.3 is 0 Å². The van der Waals surface area contributed by atoms with Crippen LogP contribution < -0.4 is 0 Å². The van der Waals surface area contributed by atoms with Crippen molar-refractivity contribution in [1.82, 2.24) is 9.97 Å². The number of hydrogen-bond donors (Lipinski definition) is 1. The molecule has 0 saturated carbocycles. The molecule has 0 aliphatic rings. The second-order valence-corrected chi connectivity index (χ2v) is 4.28. The summed E-state index contributed by atoms with van der Waals surface area (Å²) in [5.41, 5.74) is 3.11. The first-order valence-electron chi connectivity index (χ1n) is 5.37. The van der Waals surface area contributed by atoms with E-state index < -0.39 is 0 Å². The van der Waals surface area contributed by atoms with Gasteiger partial charge < -0.3 is 4.98 Å². The normalized spacial score (nSPS) is 10.6. The van der Waals surface area contributed by atoms with Gasteiger partial charge in [-0.1, -0.05) is 36.5 Å². The van der Waals surface area contributed by atoms with Crippen LogP contribution in [0.4, 0.5) is 0 Å². The van der Waals surface area contributed by atoms with Crippen molar-refractivity contribution < 1.29 is 0 Å². The summed E-state index contributed by atoms with van der Waals surface area (Å²) < 4.78 is 0.739. The van der Waals surface area contributed by atoms with E-state index in [1.165, 1.54) is 0 Å². The molecule has 1 N–H and O–H groups in total. The van der Waals surface area contributed by atoms with E-state index in [0.29, 0.717) is 0 Å². The van der Waals surface area contributed by atoms with E-state index in [-0.39, 0.29) is 0 Å². The zero-order valence-corrected chi connectivity index (χ0v) is 9.87. The second kappa shape index (κ2) is 4.11. The molecule has 0 saturated heterocycles. The summed E-state index contributed by atoms with van der Waals surface area (Å²) in [6.07, 6.45) is 1.80. The highest BCUT2D eigenvalue weighted by atomic mass is 32.1. The Labute approximate surface area is 104 Å². The van der Waals surface area contributed by atoms with Crippen LogP contribution in [0.25, 0.3) is 22.2 Å². The Morgan fingerprint density at radius 1 is 1.00 bits per heavy atom. The lowest BCUT2D eigenvalue weighted by atomic mass is 10.1. The van der Waals surface area contributed by atoms with Gasteiger partial charge in [-0.2, -0.15) is 0 Å². The molecule has 0 radical (unpaired) electrons. The Balaban J connectivity index is 2.21. The zero-order chi connectivity index (χ0) is 11.7. The molecule has 2 heterocycles. The largest absolute Gasteiger partial charge is 0.346 e. The molecule has 1 aromatic carbocycles. The van der Waals surface area contributed by atoms with Gasteiger partial charge in [-0.3, -0.25) is 4.98 Å². The highest BCUT2D eigenvalue weighted by Crippen LogP contribution is 2.21. The standard InChI is InChI=1S/C14H10N2S/c17-14-5-1-4-12(16-14)11-7-6-10-3-2-8-15-13(10)9-11/h1-9H,(H,16,17). The van der Waals surface area contributed by atoms with E-state index in [4.69, 9.17) is 12.2 Å². The topological polar surface area (TPSA) is 28.7 Å². The number of benzene rings is 1. The minimum absolute atomic E-state index is 0.739. The van der Waals surface area contributed by atoms with Crippen molar-refractivity contribution in [1.29, 1.82) is 0 Å². The first kappa shape index (κ1) is 10.2. The Morgan fingerprint density at radius 3 is 2.82 bits per heavy atom. The lowest BCUT2D eigenvalue weighted by molar-refractivity contribution is 1.30. The van der Waals surface area contributed by atoms with Gasteiger partial charge in [-0.25, -0.2) is 0 Å². The summed E-state index contributed by atoms with van der Waals surface area (Å²) in [4.78, 5) is 7.53. The molecular weight excluding hydrogens is 228 g/mol. The predicted octanol–water partition coefficient (Wildman–Crippen LogP) is 3.96. The Morgan fingerprint density at radius 2 is 1.94 bits per heavy atom. The van der Waals surface area contributed by atoms with Crippen LogP contribution in [-0.4, -0.2) is 9.97 Å². The average Bonchev–Trinajstić information content (AvgIpc) is 2.38. The molecule has 82 valence electrons. The van der Waals surface area contributed by atoms with Crippen LogP contribution in [0.5, 0.6) is 0 Å². The van der Waals surface area contributed by atoms with Crippen LogP contribution in [0.3, 0.4) is 0 Å². The summed E-state index contributed by atoms with van der Waals surface area (Å²) >= 11 is 5.12. The summed E-state index contributed by atoms with van der Waals surface area (Å²) in [6.45, 7) is 0. The number of aromatic amines is 1. The van der Waals surface area contributed by atoms with Gasteiger partial charge in [0.05, 0.1) is 5.52 Å². The second-order valence-electron chi connectivity index (χ2n) is 3.84. The SMILES string of the molecule is S=c1cccc(-c2ccc3cccnc3c2)[nH]1. The van der Waals surface area contributed by atoms with Crippen molar-refractivity contribution in [3.63, 3.8) is 0 Å². The molecule has 0 atom stereocenters. The van der Waals surface area contributed by atoms with Crippen LogP contribution in [0.2, 0.25) is 0 Å². The maximum atomic E-state index is 5.12. The fourth-order valence-electron chi connectivity index (χ4n) is 1.85. The third-order valence-corrected chi connectivity index (χ3v) is 2.92. The highest BCUT2D eigenvalue weighted by Gasteiger charge is 1.99. The molecule has 17 heavy (non-hydrogen) atoms. The molecule has 0 amide bonds. The van der Waals surface area contributed by atoms with E-state index in [2.05, 4.69) is 34.2 Å². The maximum absolute atomic E-state index is 5.12. The third kappa shape index (κ3) is 1.97. The van der Waals surface area contributed by atoms with E-state index in [0.717, 1.165) is 26.8 Å². The minimum atomic E-state index is 0.739. The predicted molar refractivity (Wildman–Crippen MR) is 72.4 cm³/mol. The van der Waals surface area contributed by atoms with Gasteiger partial charge in [0.25, 0.3) is 0 Å². The van der Waals surface area contributed by atoms with Crippen molar-refractivity contribution in [3.8, 4) is 11.3 Å². The molecular formula is C14H10N2S. The molecule has 0 aliphatic heterocycles. The molecule has 0 fully saturated rings. The number of nitrogens with zero attached hydrogens (tertiary/aromatic N) is 1. The maximum Gasteiger partial charge on any atom is 0.103 e. The summed E-state index contributed by atoms with van der Waals surface area (Å²) in [7, 11) is 0. The van der Waals surface area contributed by atoms with Gasteiger partial charge in [0.15, 0.2) is 0 Å². The number of nitrogens with one attached hydrogen (secondary N) is 1. The van der Waals surface area contributed by atoms with Crippen LogP contribution >= 0.6 is 12.2 Å². The van der Waals surface area contributed by atoms with Crippen LogP contribution in [0.15, 0.2) is 54.7 Å². The molecule has 0 unspecified atom stereocenters. The van der Waals surface area contributed by atoms with Gasteiger partial charge in [-0.05, 0) is 24.3 Å². The highest BCUT2D eigenvalue weighted by molar-refractivity contribution is 7.71. The first-order valence-corrected chi connectivity index (χ1v) is 5.78. The lowest BCUT2D eigenvalue weighted by Crippen LogP contribution is -1.84. The monoisotopic (exact) mass is 238 g/mol. The first-order chi connectivity index (χ1) is 8.33. The summed E-state index contributed by atoms with van der Waals surface area (Å²) in [5.74, 6) is 0. The summed E-state index contributed by atoms with van der Waals surface area (Å²) in [5, 5.41) is 1.14. The van der Waals surface area contributed by atoms with E-state index >= 15 is 0 Å². The van der Waals surface area contributed by atoms with Crippen molar-refractivity contribution >= 4 is 23.1 Å². The van der Waals surface area contributed by atoms with Crippen molar-refractivity contribution in [2.45, 2.75) is 0 Å². The number of rotatable bonds is 1. The van der Waals surface area contributed by atoms with E-state index in [1.807, 2.05) is 24.3 Å². The van der Waals surface area contributed by atoms with Crippen LogP contribution in [0, 0.1) is 4.64 Å². The lowest BCUT2D eigenvalue weighted by Gasteiger charge is -2.03. The quantitative estimate of drug-likeness (QED) is 0.650. The van der Waals surface area contributed by atoms with Crippen molar-refractivity contribution in [2.75, 3.05) is 0 Å². The Kier molecular flexibility index (Phi) is 2.46. The molecule has 0 spiro atoms. The van der Waals surface area contributed by atoms with Gasteiger partial charge in [0.2, 0.25) is 0 Å². The molecule has 2 nitrogen and oxygen atoms in total. The third-order valence-electron chi connectivity index (χ3n) is 2.69. The Hall–Kier alpha value is -2.00. The van der Waals surface area contributed by atoms with Gasteiger partial charge in [-0.15, -0.1) is 0 Å². The molecule has 0 aliphatic carbocycles. The minimum Gasteiger partial charge on any atom is -0.346 e. The fraction of sp³-hybridized carbons (Fsp3) is 0. The number of hydrogen-bond acceptors (Lipinski definition) is 2. The fourth-order valence-corrected chi connectivity index (χ4v) is 2.04.